The highest BCUT2D eigenvalue weighted by molar-refractivity contribution is 5.78. The molecule has 3 heterocycles. The van der Waals surface area contributed by atoms with E-state index in [-0.39, 0.29) is 11.8 Å². The molecular formula is C19H30N4O2. The Morgan fingerprint density at radius 3 is 2.60 bits per heavy atom. The Morgan fingerprint density at radius 1 is 1.20 bits per heavy atom. The van der Waals surface area contributed by atoms with Crippen LogP contribution in [-0.4, -0.2) is 85.1 Å². The fourth-order valence-corrected chi connectivity index (χ4v) is 3.90. The summed E-state index contributed by atoms with van der Waals surface area (Å²) in [6, 6.07) is 4.67. The Morgan fingerprint density at radius 2 is 1.92 bits per heavy atom. The first-order valence-corrected chi connectivity index (χ1v) is 9.27. The second kappa shape index (κ2) is 8.74. The van der Waals surface area contributed by atoms with E-state index in [1.807, 2.05) is 26.5 Å². The van der Waals surface area contributed by atoms with Crippen molar-refractivity contribution in [2.45, 2.75) is 25.4 Å². The lowest BCUT2D eigenvalue weighted by atomic mass is 10.0. The highest BCUT2D eigenvalue weighted by Gasteiger charge is 2.32. The van der Waals surface area contributed by atoms with Gasteiger partial charge in [0, 0.05) is 78.5 Å². The number of rotatable bonds is 4. The molecule has 1 aromatic rings. The van der Waals surface area contributed by atoms with Crippen molar-refractivity contribution in [3.05, 3.63) is 30.1 Å². The van der Waals surface area contributed by atoms with Gasteiger partial charge in [-0.2, -0.15) is 0 Å². The predicted molar refractivity (Wildman–Crippen MR) is 97.1 cm³/mol. The van der Waals surface area contributed by atoms with E-state index >= 15 is 0 Å². The monoisotopic (exact) mass is 346 g/mol. The molecule has 0 aromatic carbocycles. The minimum Gasteiger partial charge on any atom is -0.381 e. The van der Waals surface area contributed by atoms with Crippen LogP contribution in [0.5, 0.6) is 0 Å². The first-order valence-electron chi connectivity index (χ1n) is 9.27. The number of amides is 1. The molecule has 2 aliphatic rings. The van der Waals surface area contributed by atoms with Crippen LogP contribution in [0.1, 0.15) is 18.4 Å². The number of aromatic nitrogens is 1. The maximum atomic E-state index is 12.7. The molecular weight excluding hydrogens is 316 g/mol. The molecule has 0 N–H and O–H groups in total. The Labute approximate surface area is 150 Å². The maximum absolute atomic E-state index is 12.7. The SMILES string of the molecule is CN(C)C(=O)C1CN(Cc2ccncc2)CCN(C2CCOCC2)C1. The van der Waals surface area contributed by atoms with Crippen molar-refractivity contribution in [3.8, 4) is 0 Å². The summed E-state index contributed by atoms with van der Waals surface area (Å²) in [7, 11) is 3.72. The van der Waals surface area contributed by atoms with Crippen molar-refractivity contribution in [2.24, 2.45) is 5.92 Å². The van der Waals surface area contributed by atoms with Gasteiger partial charge in [0.1, 0.15) is 0 Å². The van der Waals surface area contributed by atoms with Crippen molar-refractivity contribution in [1.82, 2.24) is 19.7 Å². The van der Waals surface area contributed by atoms with Gasteiger partial charge in [0.25, 0.3) is 0 Å². The molecule has 1 aromatic heterocycles. The van der Waals surface area contributed by atoms with Crippen LogP contribution in [0.15, 0.2) is 24.5 Å². The van der Waals surface area contributed by atoms with Gasteiger partial charge in [-0.25, -0.2) is 0 Å². The standard InChI is InChI=1S/C19H30N4O2/c1-21(2)19(24)17-14-22(13-16-3-7-20-8-4-16)9-10-23(15-17)18-5-11-25-12-6-18/h3-4,7-8,17-18H,5-6,9-15H2,1-2H3. The zero-order chi connectivity index (χ0) is 17.6. The molecule has 0 bridgehead atoms. The van der Waals surface area contributed by atoms with E-state index in [4.69, 9.17) is 4.74 Å². The number of pyridine rings is 1. The smallest absolute Gasteiger partial charge is 0.227 e. The molecule has 0 radical (unpaired) electrons. The Hall–Kier alpha value is -1.50. The molecule has 138 valence electrons. The van der Waals surface area contributed by atoms with Gasteiger partial charge in [-0.05, 0) is 30.5 Å². The number of nitrogens with zero attached hydrogens (tertiary/aromatic N) is 4. The molecule has 25 heavy (non-hydrogen) atoms. The summed E-state index contributed by atoms with van der Waals surface area (Å²) >= 11 is 0. The molecule has 6 nitrogen and oxygen atoms in total. The van der Waals surface area contributed by atoms with Gasteiger partial charge in [0.05, 0.1) is 5.92 Å². The average Bonchev–Trinajstić information content (AvgIpc) is 2.85. The van der Waals surface area contributed by atoms with Crippen LogP contribution in [0, 0.1) is 5.92 Å². The van der Waals surface area contributed by atoms with Gasteiger partial charge < -0.3 is 9.64 Å². The number of carbonyl (C=O) groups is 1. The van der Waals surface area contributed by atoms with E-state index in [2.05, 4.69) is 26.9 Å². The van der Waals surface area contributed by atoms with E-state index in [1.165, 1.54) is 5.56 Å². The molecule has 0 saturated carbocycles. The molecule has 1 unspecified atom stereocenters. The minimum atomic E-state index is 0.0298. The lowest BCUT2D eigenvalue weighted by molar-refractivity contribution is -0.134. The third kappa shape index (κ3) is 5.00. The summed E-state index contributed by atoms with van der Waals surface area (Å²) in [6.45, 7) is 6.25. The van der Waals surface area contributed by atoms with Gasteiger partial charge in [-0.1, -0.05) is 0 Å². The lowest BCUT2D eigenvalue weighted by Crippen LogP contribution is -2.45. The normalized spacial score (nSPS) is 24.0. The first kappa shape index (κ1) is 18.3. The summed E-state index contributed by atoms with van der Waals surface area (Å²) in [5.74, 6) is 0.265. The molecule has 2 aliphatic heterocycles. The van der Waals surface area contributed by atoms with Gasteiger partial charge in [-0.3, -0.25) is 19.6 Å². The zero-order valence-corrected chi connectivity index (χ0v) is 15.4. The average molecular weight is 346 g/mol. The molecule has 2 fully saturated rings. The van der Waals surface area contributed by atoms with Crippen LogP contribution in [0.25, 0.3) is 0 Å². The van der Waals surface area contributed by atoms with Crippen molar-refractivity contribution in [2.75, 3.05) is 53.5 Å². The summed E-state index contributed by atoms with van der Waals surface area (Å²) in [6.07, 6.45) is 5.83. The van der Waals surface area contributed by atoms with Gasteiger partial charge in [-0.15, -0.1) is 0 Å². The fourth-order valence-electron chi connectivity index (χ4n) is 3.90. The minimum absolute atomic E-state index is 0.0298. The van der Waals surface area contributed by atoms with E-state index in [0.29, 0.717) is 6.04 Å². The van der Waals surface area contributed by atoms with Crippen LogP contribution in [0.2, 0.25) is 0 Å². The predicted octanol–water partition coefficient (Wildman–Crippen LogP) is 1.08. The summed E-state index contributed by atoms with van der Waals surface area (Å²) in [5, 5.41) is 0. The van der Waals surface area contributed by atoms with Crippen molar-refractivity contribution >= 4 is 5.91 Å². The van der Waals surface area contributed by atoms with Crippen LogP contribution in [0.3, 0.4) is 0 Å². The number of hydrogen-bond donors (Lipinski definition) is 0. The molecule has 0 aliphatic carbocycles. The second-order valence-corrected chi connectivity index (χ2v) is 7.36. The number of carbonyl (C=O) groups excluding carboxylic acids is 1. The van der Waals surface area contributed by atoms with Crippen LogP contribution >= 0.6 is 0 Å². The molecule has 6 heteroatoms. The van der Waals surface area contributed by atoms with E-state index in [1.54, 1.807) is 4.90 Å². The summed E-state index contributed by atoms with van der Waals surface area (Å²) < 4.78 is 5.52. The molecule has 2 saturated heterocycles. The number of hydrogen-bond acceptors (Lipinski definition) is 5. The van der Waals surface area contributed by atoms with Crippen molar-refractivity contribution in [3.63, 3.8) is 0 Å². The van der Waals surface area contributed by atoms with Gasteiger partial charge >= 0.3 is 0 Å². The van der Waals surface area contributed by atoms with Crippen molar-refractivity contribution in [1.29, 1.82) is 0 Å². The van der Waals surface area contributed by atoms with E-state index in [0.717, 1.165) is 58.8 Å². The third-order valence-electron chi connectivity index (χ3n) is 5.29. The lowest BCUT2D eigenvalue weighted by Gasteiger charge is -2.34. The third-order valence-corrected chi connectivity index (χ3v) is 5.29. The summed E-state index contributed by atoms with van der Waals surface area (Å²) in [4.78, 5) is 23.5. The fraction of sp³-hybridized carbons (Fsp3) is 0.684. The van der Waals surface area contributed by atoms with Crippen LogP contribution in [-0.2, 0) is 16.1 Å². The Bertz CT molecular complexity index is 546. The molecule has 3 rings (SSSR count). The largest absolute Gasteiger partial charge is 0.381 e. The van der Waals surface area contributed by atoms with Gasteiger partial charge in [0.2, 0.25) is 5.91 Å². The second-order valence-electron chi connectivity index (χ2n) is 7.36. The van der Waals surface area contributed by atoms with Gasteiger partial charge in [0.15, 0.2) is 0 Å². The molecule has 1 atom stereocenters. The van der Waals surface area contributed by atoms with Crippen LogP contribution in [0.4, 0.5) is 0 Å². The maximum Gasteiger partial charge on any atom is 0.227 e. The quantitative estimate of drug-likeness (QED) is 0.817. The Kier molecular flexibility index (Phi) is 6.39. The van der Waals surface area contributed by atoms with Crippen LogP contribution < -0.4 is 0 Å². The van der Waals surface area contributed by atoms with E-state index in [9.17, 15) is 4.79 Å². The highest BCUT2D eigenvalue weighted by atomic mass is 16.5. The Balaban J connectivity index is 1.70. The summed E-state index contributed by atoms with van der Waals surface area (Å²) in [5.41, 5.74) is 1.26. The highest BCUT2D eigenvalue weighted by Crippen LogP contribution is 2.21. The molecule has 1 amide bonds. The number of ether oxygens (including phenoxy) is 1. The zero-order valence-electron chi connectivity index (χ0n) is 15.4. The first-order chi connectivity index (χ1) is 12.1. The van der Waals surface area contributed by atoms with E-state index < -0.39 is 0 Å². The topological polar surface area (TPSA) is 48.9 Å². The van der Waals surface area contributed by atoms with Crippen molar-refractivity contribution < 1.29 is 9.53 Å². The molecule has 0 spiro atoms.